The second kappa shape index (κ2) is 11.6. The average Bonchev–Trinajstić information content (AvgIpc) is 2.78. The molecule has 1 unspecified atom stereocenters. The van der Waals surface area contributed by atoms with E-state index in [9.17, 15) is 0 Å². The third-order valence-electron chi connectivity index (χ3n) is 5.30. The van der Waals surface area contributed by atoms with Gasteiger partial charge < -0.3 is 20.1 Å². The van der Waals surface area contributed by atoms with Crippen molar-refractivity contribution in [1.82, 2.24) is 15.5 Å². The number of aryl methyl sites for hydroxylation is 1. The fourth-order valence-electron chi connectivity index (χ4n) is 3.66. The highest BCUT2D eigenvalue weighted by Crippen LogP contribution is 2.22. The predicted octanol–water partition coefficient (Wildman–Crippen LogP) is 3.13. The van der Waals surface area contributed by atoms with Crippen LogP contribution in [0.5, 0.6) is 5.75 Å². The molecule has 1 fully saturated rings. The van der Waals surface area contributed by atoms with Crippen LogP contribution in [-0.4, -0.2) is 57.4 Å². The molecule has 0 saturated carbocycles. The molecule has 1 heterocycles. The quantitative estimate of drug-likeness (QED) is 0.517. The van der Waals surface area contributed by atoms with Crippen LogP contribution in [0.4, 0.5) is 0 Å². The molecule has 6 heteroatoms. The van der Waals surface area contributed by atoms with Crippen molar-refractivity contribution in [2.24, 2.45) is 4.99 Å². The summed E-state index contributed by atoms with van der Waals surface area (Å²) in [5.74, 6) is 1.69. The molecule has 1 saturated heterocycles. The van der Waals surface area contributed by atoms with Gasteiger partial charge in [-0.05, 0) is 37.1 Å². The summed E-state index contributed by atoms with van der Waals surface area (Å²) in [5, 5.41) is 6.93. The highest BCUT2D eigenvalue weighted by atomic mass is 16.5. The van der Waals surface area contributed by atoms with E-state index in [0.717, 1.165) is 56.7 Å². The Balaban J connectivity index is 1.69. The summed E-state index contributed by atoms with van der Waals surface area (Å²) in [4.78, 5) is 7.28. The Bertz CT molecular complexity index is 801. The first kappa shape index (κ1) is 22.1. The summed E-state index contributed by atoms with van der Waals surface area (Å²) in [7, 11) is 1.68. The molecule has 0 amide bonds. The van der Waals surface area contributed by atoms with Crippen molar-refractivity contribution in [3.05, 3.63) is 65.2 Å². The van der Waals surface area contributed by atoms with Crippen molar-refractivity contribution in [2.45, 2.75) is 26.4 Å². The van der Waals surface area contributed by atoms with Gasteiger partial charge >= 0.3 is 0 Å². The van der Waals surface area contributed by atoms with Crippen LogP contribution in [0.2, 0.25) is 0 Å². The standard InChI is InChI=1S/C24H34N4O2/c1-4-25-24(26-17-20-8-10-22(29-3)11-9-20)27-18-23(28-12-14-30-15-13-28)21-7-5-6-19(2)16-21/h5-11,16,23H,4,12-15,17-18H2,1-3H3,(H2,25,26,27). The molecule has 2 aromatic carbocycles. The number of hydrogen-bond acceptors (Lipinski definition) is 4. The number of benzene rings is 2. The number of nitrogens with zero attached hydrogens (tertiary/aromatic N) is 2. The lowest BCUT2D eigenvalue weighted by molar-refractivity contribution is 0.0170. The minimum atomic E-state index is 0.277. The van der Waals surface area contributed by atoms with E-state index < -0.39 is 0 Å². The molecule has 0 spiro atoms. The van der Waals surface area contributed by atoms with E-state index in [1.807, 2.05) is 12.1 Å². The summed E-state index contributed by atoms with van der Waals surface area (Å²) in [6.45, 7) is 9.92. The van der Waals surface area contributed by atoms with Crippen LogP contribution in [0, 0.1) is 6.92 Å². The van der Waals surface area contributed by atoms with E-state index >= 15 is 0 Å². The number of rotatable bonds is 8. The summed E-state index contributed by atoms with van der Waals surface area (Å²) >= 11 is 0. The van der Waals surface area contributed by atoms with Crippen LogP contribution >= 0.6 is 0 Å². The molecule has 0 radical (unpaired) electrons. The molecule has 2 aromatic rings. The fourth-order valence-corrected chi connectivity index (χ4v) is 3.66. The molecule has 1 aliphatic heterocycles. The predicted molar refractivity (Wildman–Crippen MR) is 122 cm³/mol. The van der Waals surface area contributed by atoms with Crippen molar-refractivity contribution in [3.8, 4) is 5.75 Å². The summed E-state index contributed by atoms with van der Waals surface area (Å²) in [5.41, 5.74) is 3.76. The van der Waals surface area contributed by atoms with Crippen molar-refractivity contribution in [3.63, 3.8) is 0 Å². The normalized spacial score (nSPS) is 16.2. The number of ether oxygens (including phenoxy) is 2. The summed E-state index contributed by atoms with van der Waals surface area (Å²) in [6.07, 6.45) is 0. The number of morpholine rings is 1. The van der Waals surface area contributed by atoms with Gasteiger partial charge in [0.05, 0.1) is 32.9 Å². The van der Waals surface area contributed by atoms with Gasteiger partial charge in [-0.1, -0.05) is 42.0 Å². The largest absolute Gasteiger partial charge is 0.497 e. The van der Waals surface area contributed by atoms with Gasteiger partial charge in [-0.15, -0.1) is 0 Å². The van der Waals surface area contributed by atoms with Gasteiger partial charge in [0.2, 0.25) is 0 Å². The average molecular weight is 411 g/mol. The summed E-state index contributed by atoms with van der Waals surface area (Å²) in [6, 6.07) is 17.1. The Hall–Kier alpha value is -2.57. The minimum Gasteiger partial charge on any atom is -0.497 e. The smallest absolute Gasteiger partial charge is 0.191 e. The molecule has 6 nitrogen and oxygen atoms in total. The lowest BCUT2D eigenvalue weighted by Crippen LogP contribution is -2.46. The first-order valence-electron chi connectivity index (χ1n) is 10.7. The van der Waals surface area contributed by atoms with Gasteiger partial charge in [-0.25, -0.2) is 4.99 Å². The second-order valence-corrected chi connectivity index (χ2v) is 7.50. The van der Waals surface area contributed by atoms with Gasteiger partial charge in [0, 0.05) is 26.2 Å². The van der Waals surface area contributed by atoms with Crippen molar-refractivity contribution in [2.75, 3.05) is 46.5 Å². The van der Waals surface area contributed by atoms with E-state index in [4.69, 9.17) is 14.5 Å². The molecule has 30 heavy (non-hydrogen) atoms. The first-order chi connectivity index (χ1) is 14.7. The Morgan fingerprint density at radius 2 is 1.90 bits per heavy atom. The Morgan fingerprint density at radius 3 is 2.57 bits per heavy atom. The van der Waals surface area contributed by atoms with Crippen LogP contribution in [0.3, 0.4) is 0 Å². The monoisotopic (exact) mass is 410 g/mol. The number of hydrogen-bond donors (Lipinski definition) is 2. The van der Waals surface area contributed by atoms with Crippen molar-refractivity contribution < 1.29 is 9.47 Å². The third-order valence-corrected chi connectivity index (χ3v) is 5.30. The van der Waals surface area contributed by atoms with E-state index in [1.165, 1.54) is 11.1 Å². The van der Waals surface area contributed by atoms with Crippen LogP contribution < -0.4 is 15.4 Å². The fraction of sp³-hybridized carbons (Fsp3) is 0.458. The van der Waals surface area contributed by atoms with E-state index in [0.29, 0.717) is 6.54 Å². The lowest BCUT2D eigenvalue weighted by atomic mass is 10.0. The van der Waals surface area contributed by atoms with Gasteiger partial charge in [0.1, 0.15) is 5.75 Å². The number of methoxy groups -OCH3 is 1. The van der Waals surface area contributed by atoms with Crippen molar-refractivity contribution in [1.29, 1.82) is 0 Å². The van der Waals surface area contributed by atoms with Crippen LogP contribution in [-0.2, 0) is 11.3 Å². The molecule has 0 aromatic heterocycles. The number of guanidine groups is 1. The van der Waals surface area contributed by atoms with E-state index in [1.54, 1.807) is 7.11 Å². The molecular formula is C24H34N4O2. The maximum absolute atomic E-state index is 5.57. The highest BCUT2D eigenvalue weighted by molar-refractivity contribution is 5.79. The van der Waals surface area contributed by atoms with Gasteiger partial charge in [-0.2, -0.15) is 0 Å². The lowest BCUT2D eigenvalue weighted by Gasteiger charge is -2.35. The SMILES string of the molecule is CCNC(=NCc1ccc(OC)cc1)NCC(c1cccc(C)c1)N1CCOCC1. The molecule has 0 aliphatic carbocycles. The molecule has 162 valence electrons. The molecular weight excluding hydrogens is 376 g/mol. The van der Waals surface area contributed by atoms with Crippen LogP contribution in [0.25, 0.3) is 0 Å². The van der Waals surface area contributed by atoms with Gasteiger partial charge in [0.15, 0.2) is 5.96 Å². The first-order valence-corrected chi connectivity index (χ1v) is 10.7. The molecule has 0 bridgehead atoms. The molecule has 2 N–H and O–H groups in total. The molecule has 1 aliphatic rings. The Labute approximate surface area is 180 Å². The molecule has 3 rings (SSSR count). The third kappa shape index (κ3) is 6.47. The highest BCUT2D eigenvalue weighted by Gasteiger charge is 2.23. The van der Waals surface area contributed by atoms with E-state index in [-0.39, 0.29) is 6.04 Å². The number of nitrogens with one attached hydrogen (secondary N) is 2. The van der Waals surface area contributed by atoms with Crippen LogP contribution in [0.15, 0.2) is 53.5 Å². The summed E-state index contributed by atoms with van der Waals surface area (Å²) < 4.78 is 10.8. The zero-order chi connectivity index (χ0) is 21.2. The Morgan fingerprint density at radius 1 is 1.13 bits per heavy atom. The molecule has 1 atom stereocenters. The van der Waals surface area contributed by atoms with Gasteiger partial charge in [0.25, 0.3) is 0 Å². The van der Waals surface area contributed by atoms with Crippen molar-refractivity contribution >= 4 is 5.96 Å². The topological polar surface area (TPSA) is 58.1 Å². The zero-order valence-electron chi connectivity index (χ0n) is 18.4. The second-order valence-electron chi connectivity index (χ2n) is 7.50. The Kier molecular flexibility index (Phi) is 8.53. The zero-order valence-corrected chi connectivity index (χ0v) is 18.4. The maximum atomic E-state index is 5.57. The van der Waals surface area contributed by atoms with E-state index in [2.05, 4.69) is 65.8 Å². The maximum Gasteiger partial charge on any atom is 0.191 e. The van der Waals surface area contributed by atoms with Crippen LogP contribution in [0.1, 0.15) is 29.7 Å². The number of aliphatic imine (C=N–C) groups is 1. The van der Waals surface area contributed by atoms with Gasteiger partial charge in [-0.3, -0.25) is 4.90 Å². The minimum absolute atomic E-state index is 0.277.